The first kappa shape index (κ1) is 21.3. The number of methoxy groups -OCH3 is 1. The van der Waals surface area contributed by atoms with Gasteiger partial charge in [0.05, 0.1) is 18.2 Å². The van der Waals surface area contributed by atoms with Crippen LogP contribution in [0.25, 0.3) is 0 Å². The van der Waals surface area contributed by atoms with Crippen molar-refractivity contribution in [2.45, 2.75) is 26.8 Å². The zero-order valence-electron chi connectivity index (χ0n) is 17.0. The van der Waals surface area contributed by atoms with Crippen molar-refractivity contribution in [3.05, 3.63) is 45.9 Å². The molecule has 0 aromatic heterocycles. The Balaban J connectivity index is 1.85. The van der Waals surface area contributed by atoms with Gasteiger partial charge in [-0.3, -0.25) is 4.79 Å². The van der Waals surface area contributed by atoms with Gasteiger partial charge in [-0.25, -0.2) is 0 Å². The van der Waals surface area contributed by atoms with E-state index in [1.54, 1.807) is 24.1 Å². The van der Waals surface area contributed by atoms with Crippen LogP contribution in [0.4, 0.5) is 0 Å². The molecule has 2 aromatic rings. The molecule has 3 rings (SSSR count). The standard InChI is InChI=1S/C22H26BrNO5/c1-4-9-28-21-17(23)12-16(13-19(21)26-3)22(25)24(5-2)14-15-7-6-8-18-20(15)29-11-10-27-18/h6-8,12-13H,4-5,9-11,14H2,1-3H3. The van der Waals surface area contributed by atoms with Crippen LogP contribution in [0.5, 0.6) is 23.0 Å². The Morgan fingerprint density at radius 1 is 1.21 bits per heavy atom. The molecule has 6 nitrogen and oxygen atoms in total. The number of benzene rings is 2. The number of ether oxygens (including phenoxy) is 4. The van der Waals surface area contributed by atoms with Crippen LogP contribution >= 0.6 is 15.9 Å². The maximum atomic E-state index is 13.2. The maximum absolute atomic E-state index is 13.2. The minimum atomic E-state index is -0.0946. The fourth-order valence-corrected chi connectivity index (χ4v) is 3.72. The van der Waals surface area contributed by atoms with Crippen LogP contribution in [0.2, 0.25) is 0 Å². The number of para-hydroxylation sites is 1. The van der Waals surface area contributed by atoms with E-state index in [0.717, 1.165) is 17.7 Å². The van der Waals surface area contributed by atoms with Crippen LogP contribution in [0.1, 0.15) is 36.2 Å². The zero-order chi connectivity index (χ0) is 20.8. The molecular weight excluding hydrogens is 438 g/mol. The Morgan fingerprint density at radius 3 is 2.72 bits per heavy atom. The summed E-state index contributed by atoms with van der Waals surface area (Å²) in [4.78, 5) is 15.0. The number of rotatable bonds is 8. The average molecular weight is 464 g/mol. The van der Waals surface area contributed by atoms with E-state index < -0.39 is 0 Å². The minimum absolute atomic E-state index is 0.0946. The number of carbonyl (C=O) groups is 1. The van der Waals surface area contributed by atoms with Gasteiger partial charge < -0.3 is 23.8 Å². The topological polar surface area (TPSA) is 57.2 Å². The third-order valence-electron chi connectivity index (χ3n) is 4.60. The summed E-state index contributed by atoms with van der Waals surface area (Å²) < 4.78 is 23.3. The van der Waals surface area contributed by atoms with Crippen LogP contribution in [0.3, 0.4) is 0 Å². The Kier molecular flexibility index (Phi) is 7.25. The Hall–Kier alpha value is -2.41. The third-order valence-corrected chi connectivity index (χ3v) is 5.19. The second-order valence-electron chi connectivity index (χ2n) is 6.60. The van der Waals surface area contributed by atoms with E-state index in [1.807, 2.05) is 32.0 Å². The van der Waals surface area contributed by atoms with Gasteiger partial charge in [0.1, 0.15) is 13.2 Å². The van der Waals surface area contributed by atoms with Crippen molar-refractivity contribution in [2.75, 3.05) is 33.5 Å². The van der Waals surface area contributed by atoms with Crippen LogP contribution < -0.4 is 18.9 Å². The van der Waals surface area contributed by atoms with Crippen molar-refractivity contribution in [2.24, 2.45) is 0 Å². The molecule has 29 heavy (non-hydrogen) atoms. The first-order valence-corrected chi connectivity index (χ1v) is 10.5. The van der Waals surface area contributed by atoms with Gasteiger partial charge >= 0.3 is 0 Å². The molecular formula is C22H26BrNO5. The number of carbonyl (C=O) groups excluding carboxylic acids is 1. The Bertz CT molecular complexity index is 871. The van der Waals surface area contributed by atoms with Crippen LogP contribution in [0, 0.1) is 0 Å². The number of hydrogen-bond donors (Lipinski definition) is 0. The number of fused-ring (bicyclic) bond motifs is 1. The number of nitrogens with zero attached hydrogens (tertiary/aromatic N) is 1. The van der Waals surface area contributed by atoms with Gasteiger partial charge in [-0.15, -0.1) is 0 Å². The van der Waals surface area contributed by atoms with Gasteiger partial charge in [0.2, 0.25) is 0 Å². The summed E-state index contributed by atoms with van der Waals surface area (Å²) in [5.74, 6) is 2.48. The lowest BCUT2D eigenvalue weighted by Crippen LogP contribution is -2.31. The Morgan fingerprint density at radius 2 is 2.00 bits per heavy atom. The molecule has 156 valence electrons. The second kappa shape index (κ2) is 9.87. The molecule has 0 atom stereocenters. The average Bonchev–Trinajstić information content (AvgIpc) is 2.75. The highest BCUT2D eigenvalue weighted by Crippen LogP contribution is 2.38. The summed E-state index contributed by atoms with van der Waals surface area (Å²) >= 11 is 3.51. The summed E-state index contributed by atoms with van der Waals surface area (Å²) in [5, 5.41) is 0. The molecule has 1 amide bonds. The van der Waals surface area contributed by atoms with Gasteiger partial charge in [-0.05, 0) is 47.5 Å². The second-order valence-corrected chi connectivity index (χ2v) is 7.45. The van der Waals surface area contributed by atoms with Gasteiger partial charge in [0.25, 0.3) is 5.91 Å². The summed E-state index contributed by atoms with van der Waals surface area (Å²) in [6.07, 6.45) is 0.882. The predicted molar refractivity (Wildman–Crippen MR) is 114 cm³/mol. The van der Waals surface area contributed by atoms with Crippen LogP contribution in [-0.2, 0) is 6.54 Å². The lowest BCUT2D eigenvalue weighted by atomic mass is 10.1. The smallest absolute Gasteiger partial charge is 0.254 e. The van der Waals surface area contributed by atoms with Gasteiger partial charge in [-0.1, -0.05) is 19.1 Å². The molecule has 7 heteroatoms. The molecule has 0 saturated carbocycles. The number of amides is 1. The molecule has 0 radical (unpaired) electrons. The number of hydrogen-bond acceptors (Lipinski definition) is 5. The maximum Gasteiger partial charge on any atom is 0.254 e. The SMILES string of the molecule is CCCOc1c(Br)cc(C(=O)N(CC)Cc2cccc3c2OCCO3)cc1OC. The normalized spacial score (nSPS) is 12.4. The zero-order valence-corrected chi connectivity index (χ0v) is 18.6. The van der Waals surface area contributed by atoms with Crippen molar-refractivity contribution in [1.82, 2.24) is 4.90 Å². The molecule has 0 N–H and O–H groups in total. The lowest BCUT2D eigenvalue weighted by molar-refractivity contribution is 0.0748. The molecule has 0 fully saturated rings. The molecule has 0 aliphatic carbocycles. The van der Waals surface area contributed by atoms with Gasteiger partial charge in [-0.2, -0.15) is 0 Å². The summed E-state index contributed by atoms with van der Waals surface area (Å²) in [7, 11) is 1.57. The largest absolute Gasteiger partial charge is 0.493 e. The van der Waals surface area contributed by atoms with E-state index in [2.05, 4.69) is 15.9 Å². The van der Waals surface area contributed by atoms with Gasteiger partial charge in [0, 0.05) is 24.2 Å². The van der Waals surface area contributed by atoms with Crippen LogP contribution in [0.15, 0.2) is 34.8 Å². The van der Waals surface area contributed by atoms with E-state index in [9.17, 15) is 4.79 Å². The predicted octanol–water partition coefficient (Wildman–Crippen LogP) is 4.68. The fraction of sp³-hybridized carbons (Fsp3) is 0.409. The van der Waals surface area contributed by atoms with E-state index >= 15 is 0 Å². The van der Waals surface area contributed by atoms with E-state index in [0.29, 0.717) is 60.2 Å². The third kappa shape index (κ3) is 4.78. The quantitative estimate of drug-likeness (QED) is 0.568. The number of halogens is 1. The molecule has 1 heterocycles. The molecule has 0 unspecified atom stereocenters. The highest BCUT2D eigenvalue weighted by atomic mass is 79.9. The first-order valence-electron chi connectivity index (χ1n) is 9.76. The van der Waals surface area contributed by atoms with E-state index in [4.69, 9.17) is 18.9 Å². The molecule has 1 aliphatic rings. The highest BCUT2D eigenvalue weighted by Gasteiger charge is 2.22. The molecule has 1 aliphatic heterocycles. The minimum Gasteiger partial charge on any atom is -0.493 e. The highest BCUT2D eigenvalue weighted by molar-refractivity contribution is 9.10. The fourth-order valence-electron chi connectivity index (χ4n) is 3.16. The van der Waals surface area contributed by atoms with Gasteiger partial charge in [0.15, 0.2) is 23.0 Å². The summed E-state index contributed by atoms with van der Waals surface area (Å²) in [6.45, 7) is 6.59. The van der Waals surface area contributed by atoms with E-state index in [-0.39, 0.29) is 5.91 Å². The first-order chi connectivity index (χ1) is 14.1. The summed E-state index contributed by atoms with van der Waals surface area (Å²) in [5.41, 5.74) is 1.45. The Labute approximate surface area is 179 Å². The van der Waals surface area contributed by atoms with Crippen molar-refractivity contribution in [1.29, 1.82) is 0 Å². The van der Waals surface area contributed by atoms with E-state index in [1.165, 1.54) is 0 Å². The van der Waals surface area contributed by atoms with Crippen molar-refractivity contribution in [3.8, 4) is 23.0 Å². The monoisotopic (exact) mass is 463 g/mol. The summed E-state index contributed by atoms with van der Waals surface area (Å²) in [6, 6.07) is 9.26. The molecule has 0 spiro atoms. The van der Waals surface area contributed by atoms with Crippen LogP contribution in [-0.4, -0.2) is 44.3 Å². The van der Waals surface area contributed by atoms with Crippen molar-refractivity contribution in [3.63, 3.8) is 0 Å². The van der Waals surface area contributed by atoms with Crippen molar-refractivity contribution >= 4 is 21.8 Å². The molecule has 2 aromatic carbocycles. The lowest BCUT2D eigenvalue weighted by Gasteiger charge is -2.26. The molecule has 0 saturated heterocycles. The van der Waals surface area contributed by atoms with Crippen molar-refractivity contribution < 1.29 is 23.7 Å². The molecule has 0 bridgehead atoms.